The third-order valence-electron chi connectivity index (χ3n) is 3.27. The Labute approximate surface area is 114 Å². The van der Waals surface area contributed by atoms with Crippen LogP contribution in [0, 0.1) is 0 Å². The quantitative estimate of drug-likeness (QED) is 0.655. The highest BCUT2D eigenvalue weighted by molar-refractivity contribution is 7.92. The third-order valence-corrected chi connectivity index (χ3v) is 5.00. The van der Waals surface area contributed by atoms with Gasteiger partial charge >= 0.3 is 0 Å². The molecule has 0 aliphatic carbocycles. The van der Waals surface area contributed by atoms with Crippen molar-refractivity contribution in [3.05, 3.63) is 23.8 Å². The second-order valence-corrected chi connectivity index (χ2v) is 6.55. The Bertz CT molecular complexity index is 543. The highest BCUT2D eigenvalue weighted by Gasteiger charge is 2.27. The van der Waals surface area contributed by atoms with Gasteiger partial charge in [-0.1, -0.05) is 6.07 Å². The van der Waals surface area contributed by atoms with E-state index in [1.54, 1.807) is 6.07 Å². The SMILES string of the molecule is CCOCCS(=O)(=O)N1CCCc2c(N)cccc21. The van der Waals surface area contributed by atoms with Crippen molar-refractivity contribution in [2.24, 2.45) is 0 Å². The number of ether oxygens (including phenoxy) is 1. The molecule has 0 atom stereocenters. The number of hydrogen-bond acceptors (Lipinski definition) is 4. The minimum atomic E-state index is -3.33. The predicted molar refractivity (Wildman–Crippen MR) is 76.8 cm³/mol. The van der Waals surface area contributed by atoms with Crippen LogP contribution in [0.3, 0.4) is 0 Å². The van der Waals surface area contributed by atoms with E-state index in [0.29, 0.717) is 18.8 Å². The third kappa shape index (κ3) is 3.01. The molecule has 1 aliphatic heterocycles. The molecule has 0 bridgehead atoms. The number of nitrogens with zero attached hydrogens (tertiary/aromatic N) is 1. The van der Waals surface area contributed by atoms with E-state index in [4.69, 9.17) is 10.5 Å². The molecular weight excluding hydrogens is 264 g/mol. The number of nitrogens with two attached hydrogens (primary N) is 1. The van der Waals surface area contributed by atoms with E-state index in [2.05, 4.69) is 0 Å². The second kappa shape index (κ2) is 5.79. The molecule has 2 N–H and O–H groups in total. The summed E-state index contributed by atoms with van der Waals surface area (Å²) in [4.78, 5) is 0. The lowest BCUT2D eigenvalue weighted by molar-refractivity contribution is 0.163. The molecule has 1 aliphatic rings. The van der Waals surface area contributed by atoms with E-state index in [9.17, 15) is 8.42 Å². The summed E-state index contributed by atoms with van der Waals surface area (Å²) in [7, 11) is -3.33. The van der Waals surface area contributed by atoms with E-state index in [-0.39, 0.29) is 12.4 Å². The lowest BCUT2D eigenvalue weighted by Gasteiger charge is -2.31. The summed E-state index contributed by atoms with van der Waals surface area (Å²) in [5.41, 5.74) is 8.25. The van der Waals surface area contributed by atoms with Crippen LogP contribution in [0.1, 0.15) is 18.9 Å². The van der Waals surface area contributed by atoms with E-state index in [0.717, 1.165) is 24.1 Å². The van der Waals surface area contributed by atoms with Gasteiger partial charge in [0, 0.05) is 18.8 Å². The molecule has 5 nitrogen and oxygen atoms in total. The molecule has 0 spiro atoms. The van der Waals surface area contributed by atoms with Crippen molar-refractivity contribution < 1.29 is 13.2 Å². The van der Waals surface area contributed by atoms with Gasteiger partial charge in [-0.15, -0.1) is 0 Å². The molecule has 0 saturated heterocycles. The summed E-state index contributed by atoms with van der Waals surface area (Å²) in [5, 5.41) is 0. The Balaban J connectivity index is 2.26. The molecular formula is C13H20N2O3S. The predicted octanol–water partition coefficient (Wildman–Crippen LogP) is 1.39. The summed E-state index contributed by atoms with van der Waals surface area (Å²) >= 11 is 0. The van der Waals surface area contributed by atoms with Crippen LogP contribution in [0.5, 0.6) is 0 Å². The van der Waals surface area contributed by atoms with Gasteiger partial charge in [0.15, 0.2) is 0 Å². The average Bonchev–Trinajstić information content (AvgIpc) is 2.39. The Hall–Kier alpha value is -1.27. The first-order valence-corrected chi connectivity index (χ1v) is 8.12. The fourth-order valence-electron chi connectivity index (χ4n) is 2.33. The Kier molecular flexibility index (Phi) is 4.31. The van der Waals surface area contributed by atoms with Gasteiger partial charge in [-0.05, 0) is 37.5 Å². The first-order valence-electron chi connectivity index (χ1n) is 6.52. The number of anilines is 2. The van der Waals surface area contributed by atoms with Gasteiger partial charge in [0.1, 0.15) is 0 Å². The van der Waals surface area contributed by atoms with Gasteiger partial charge in [-0.2, -0.15) is 0 Å². The fourth-order valence-corrected chi connectivity index (χ4v) is 3.75. The summed E-state index contributed by atoms with van der Waals surface area (Å²) in [5.74, 6) is 0.00901. The minimum absolute atomic E-state index is 0.00901. The topological polar surface area (TPSA) is 72.6 Å². The molecule has 0 aromatic heterocycles. The molecule has 19 heavy (non-hydrogen) atoms. The molecule has 1 heterocycles. The van der Waals surface area contributed by atoms with Crippen LogP contribution >= 0.6 is 0 Å². The highest BCUT2D eigenvalue weighted by Crippen LogP contribution is 2.33. The summed E-state index contributed by atoms with van der Waals surface area (Å²) in [6.07, 6.45) is 1.63. The number of hydrogen-bond donors (Lipinski definition) is 1. The molecule has 0 radical (unpaired) electrons. The number of sulfonamides is 1. The molecule has 2 rings (SSSR count). The molecule has 106 valence electrons. The van der Waals surface area contributed by atoms with Gasteiger partial charge < -0.3 is 10.5 Å². The standard InChI is InChI=1S/C13H20N2O3S/c1-2-18-9-10-19(16,17)15-8-4-5-11-12(14)6-3-7-13(11)15/h3,6-7H,2,4-5,8-10,14H2,1H3. The van der Waals surface area contributed by atoms with Gasteiger partial charge in [-0.3, -0.25) is 4.31 Å². The molecule has 0 fully saturated rings. The van der Waals surface area contributed by atoms with Crippen LogP contribution in [-0.2, 0) is 21.2 Å². The van der Waals surface area contributed by atoms with E-state index in [1.165, 1.54) is 4.31 Å². The zero-order chi connectivity index (χ0) is 13.9. The van der Waals surface area contributed by atoms with Crippen molar-refractivity contribution in [3.63, 3.8) is 0 Å². The Morgan fingerprint density at radius 1 is 1.42 bits per heavy atom. The summed E-state index contributed by atoms with van der Waals surface area (Å²) in [6, 6.07) is 5.43. The number of benzene rings is 1. The molecule has 0 saturated carbocycles. The molecule has 1 aromatic rings. The lowest BCUT2D eigenvalue weighted by atomic mass is 10.0. The minimum Gasteiger partial charge on any atom is -0.398 e. The Morgan fingerprint density at radius 2 is 2.21 bits per heavy atom. The maximum absolute atomic E-state index is 12.3. The van der Waals surface area contributed by atoms with E-state index < -0.39 is 10.0 Å². The van der Waals surface area contributed by atoms with Crippen molar-refractivity contribution in [2.45, 2.75) is 19.8 Å². The fraction of sp³-hybridized carbons (Fsp3) is 0.538. The molecule has 1 aromatic carbocycles. The zero-order valence-corrected chi connectivity index (χ0v) is 11.9. The largest absolute Gasteiger partial charge is 0.398 e. The van der Waals surface area contributed by atoms with Crippen molar-refractivity contribution in [3.8, 4) is 0 Å². The van der Waals surface area contributed by atoms with E-state index in [1.807, 2.05) is 19.1 Å². The first-order chi connectivity index (χ1) is 9.06. The van der Waals surface area contributed by atoms with Gasteiger partial charge in [-0.25, -0.2) is 8.42 Å². The van der Waals surface area contributed by atoms with Crippen LogP contribution in [0.25, 0.3) is 0 Å². The van der Waals surface area contributed by atoms with Crippen molar-refractivity contribution in [2.75, 3.05) is 35.6 Å². The van der Waals surface area contributed by atoms with Crippen LogP contribution in [0.15, 0.2) is 18.2 Å². The van der Waals surface area contributed by atoms with Gasteiger partial charge in [0.25, 0.3) is 0 Å². The molecule has 6 heteroatoms. The van der Waals surface area contributed by atoms with Crippen LogP contribution in [-0.4, -0.2) is 33.9 Å². The van der Waals surface area contributed by atoms with Crippen LogP contribution in [0.4, 0.5) is 11.4 Å². The summed E-state index contributed by atoms with van der Waals surface area (Å²) in [6.45, 7) is 3.13. The first kappa shape index (κ1) is 14.1. The monoisotopic (exact) mass is 284 g/mol. The highest BCUT2D eigenvalue weighted by atomic mass is 32.2. The molecule has 0 amide bonds. The number of nitrogen functional groups attached to an aromatic ring is 1. The normalized spacial score (nSPS) is 15.3. The van der Waals surface area contributed by atoms with E-state index >= 15 is 0 Å². The average molecular weight is 284 g/mol. The Morgan fingerprint density at radius 3 is 2.95 bits per heavy atom. The number of rotatable bonds is 5. The van der Waals surface area contributed by atoms with Crippen molar-refractivity contribution in [1.82, 2.24) is 0 Å². The summed E-state index contributed by atoms with van der Waals surface area (Å²) < 4.78 is 31.3. The van der Waals surface area contributed by atoms with Crippen molar-refractivity contribution >= 4 is 21.4 Å². The zero-order valence-electron chi connectivity index (χ0n) is 11.1. The van der Waals surface area contributed by atoms with Gasteiger partial charge in [0.2, 0.25) is 10.0 Å². The number of fused-ring (bicyclic) bond motifs is 1. The second-order valence-electron chi connectivity index (χ2n) is 4.53. The van der Waals surface area contributed by atoms with Crippen LogP contribution < -0.4 is 10.0 Å². The molecule has 0 unspecified atom stereocenters. The van der Waals surface area contributed by atoms with Crippen LogP contribution in [0.2, 0.25) is 0 Å². The smallest absolute Gasteiger partial charge is 0.237 e. The van der Waals surface area contributed by atoms with Gasteiger partial charge in [0.05, 0.1) is 18.0 Å². The maximum Gasteiger partial charge on any atom is 0.237 e. The maximum atomic E-state index is 12.3. The van der Waals surface area contributed by atoms with Crippen molar-refractivity contribution in [1.29, 1.82) is 0 Å². The lowest BCUT2D eigenvalue weighted by Crippen LogP contribution is -2.38.